The highest BCUT2D eigenvalue weighted by atomic mass is 16.5. The van der Waals surface area contributed by atoms with Crippen molar-refractivity contribution in [3.63, 3.8) is 0 Å². The van der Waals surface area contributed by atoms with Gasteiger partial charge in [-0.05, 0) is 34.1 Å². The van der Waals surface area contributed by atoms with E-state index in [4.69, 9.17) is 9.84 Å². The molecule has 0 radical (unpaired) electrons. The molecular formula is C25H28N2O5. The fraction of sp³-hybridized carbons (Fsp3) is 0.400. The van der Waals surface area contributed by atoms with Crippen LogP contribution in [0.15, 0.2) is 48.5 Å². The Morgan fingerprint density at radius 3 is 2.28 bits per heavy atom. The number of fused-ring (bicyclic) bond motifs is 3. The highest BCUT2D eigenvalue weighted by Crippen LogP contribution is 2.44. The zero-order valence-corrected chi connectivity index (χ0v) is 18.1. The molecule has 2 atom stereocenters. The van der Waals surface area contributed by atoms with Gasteiger partial charge in [-0.15, -0.1) is 0 Å². The SMILES string of the molecule is CC1CN(C(=O)CCNC(=O)OCC2c3ccccc3-c3ccccc32)CC1CC(=O)O. The van der Waals surface area contributed by atoms with E-state index in [-0.39, 0.29) is 49.7 Å². The molecule has 2 unspecified atom stereocenters. The smallest absolute Gasteiger partial charge is 0.407 e. The van der Waals surface area contributed by atoms with Gasteiger partial charge in [0.25, 0.3) is 0 Å². The Balaban J connectivity index is 1.24. The molecule has 0 saturated carbocycles. The number of aliphatic carboxylic acids is 1. The first-order valence-electron chi connectivity index (χ1n) is 11.0. The van der Waals surface area contributed by atoms with Gasteiger partial charge in [-0.3, -0.25) is 9.59 Å². The van der Waals surface area contributed by atoms with Crippen LogP contribution in [-0.2, 0) is 14.3 Å². The van der Waals surface area contributed by atoms with E-state index in [2.05, 4.69) is 29.6 Å². The molecule has 2 aliphatic rings. The van der Waals surface area contributed by atoms with E-state index in [1.165, 1.54) is 11.1 Å². The Hall–Kier alpha value is -3.35. The predicted molar refractivity (Wildman–Crippen MR) is 119 cm³/mol. The number of hydrogen-bond donors (Lipinski definition) is 2. The van der Waals surface area contributed by atoms with Crippen molar-refractivity contribution in [1.29, 1.82) is 0 Å². The molecule has 0 spiro atoms. The summed E-state index contributed by atoms with van der Waals surface area (Å²) in [6, 6.07) is 16.3. The standard InChI is InChI=1S/C25H28N2O5/c1-16-13-27(14-17(16)12-24(29)30)23(28)10-11-26-25(31)32-15-22-20-8-4-2-6-18(20)19-7-3-5-9-21(19)22/h2-9,16-17,22H,10-15H2,1H3,(H,26,31)(H,29,30). The number of hydrogen-bond acceptors (Lipinski definition) is 4. The van der Waals surface area contributed by atoms with E-state index in [9.17, 15) is 14.4 Å². The Morgan fingerprint density at radius 2 is 1.66 bits per heavy atom. The van der Waals surface area contributed by atoms with Crippen molar-refractivity contribution in [2.45, 2.75) is 25.7 Å². The van der Waals surface area contributed by atoms with Gasteiger partial charge in [0.05, 0.1) is 6.42 Å². The number of carboxylic acids is 1. The molecule has 0 bridgehead atoms. The molecule has 1 saturated heterocycles. The average molecular weight is 437 g/mol. The van der Waals surface area contributed by atoms with Crippen LogP contribution in [-0.4, -0.2) is 54.2 Å². The zero-order chi connectivity index (χ0) is 22.7. The molecule has 7 nitrogen and oxygen atoms in total. The number of rotatable bonds is 7. The largest absolute Gasteiger partial charge is 0.481 e. The molecule has 2 N–H and O–H groups in total. The lowest BCUT2D eigenvalue weighted by molar-refractivity contribution is -0.138. The summed E-state index contributed by atoms with van der Waals surface area (Å²) < 4.78 is 5.48. The third-order valence-corrected chi connectivity index (χ3v) is 6.51. The first kappa shape index (κ1) is 21.9. The summed E-state index contributed by atoms with van der Waals surface area (Å²) in [5.41, 5.74) is 4.64. The molecule has 1 aliphatic heterocycles. The second-order valence-corrected chi connectivity index (χ2v) is 8.64. The molecule has 32 heavy (non-hydrogen) atoms. The number of amides is 2. The molecule has 2 aromatic carbocycles. The molecule has 2 aromatic rings. The second-order valence-electron chi connectivity index (χ2n) is 8.64. The molecule has 168 valence electrons. The number of alkyl carbamates (subject to hydrolysis) is 1. The molecule has 7 heteroatoms. The predicted octanol–water partition coefficient (Wildman–Crippen LogP) is 3.48. The number of carbonyl (C=O) groups excluding carboxylic acids is 2. The van der Waals surface area contributed by atoms with E-state index in [0.29, 0.717) is 13.1 Å². The van der Waals surface area contributed by atoms with Crippen LogP contribution in [0.3, 0.4) is 0 Å². The Labute approximate surface area is 187 Å². The van der Waals surface area contributed by atoms with Crippen molar-refractivity contribution in [3.05, 3.63) is 59.7 Å². The summed E-state index contributed by atoms with van der Waals surface area (Å²) in [6.07, 6.45) is -0.308. The van der Waals surface area contributed by atoms with Crippen molar-refractivity contribution >= 4 is 18.0 Å². The van der Waals surface area contributed by atoms with E-state index >= 15 is 0 Å². The van der Waals surface area contributed by atoms with Gasteiger partial charge in [0.15, 0.2) is 0 Å². The minimum Gasteiger partial charge on any atom is -0.481 e. The highest BCUT2D eigenvalue weighted by Gasteiger charge is 2.33. The summed E-state index contributed by atoms with van der Waals surface area (Å²) in [7, 11) is 0. The van der Waals surface area contributed by atoms with Gasteiger partial charge in [0.1, 0.15) is 6.61 Å². The maximum atomic E-state index is 12.4. The first-order chi connectivity index (χ1) is 15.4. The molecule has 1 fully saturated rings. The fourth-order valence-corrected chi connectivity index (χ4v) is 4.81. The van der Waals surface area contributed by atoms with Crippen LogP contribution in [0, 0.1) is 11.8 Å². The van der Waals surface area contributed by atoms with Crippen LogP contribution >= 0.6 is 0 Å². The van der Waals surface area contributed by atoms with E-state index in [1.54, 1.807) is 4.90 Å². The zero-order valence-electron chi connectivity index (χ0n) is 18.1. The van der Waals surface area contributed by atoms with Gasteiger partial charge >= 0.3 is 12.1 Å². The highest BCUT2D eigenvalue weighted by molar-refractivity contribution is 5.79. The second kappa shape index (κ2) is 9.42. The van der Waals surface area contributed by atoms with Crippen LogP contribution in [0.25, 0.3) is 11.1 Å². The van der Waals surface area contributed by atoms with Crippen molar-refractivity contribution in [1.82, 2.24) is 10.2 Å². The number of carbonyl (C=O) groups is 3. The van der Waals surface area contributed by atoms with Crippen molar-refractivity contribution in [3.8, 4) is 11.1 Å². The van der Waals surface area contributed by atoms with Gasteiger partial charge < -0.3 is 20.1 Å². The molecule has 2 amide bonds. The van der Waals surface area contributed by atoms with Gasteiger partial charge in [-0.2, -0.15) is 0 Å². The summed E-state index contributed by atoms with van der Waals surface area (Å²) in [6.45, 7) is 3.40. The van der Waals surface area contributed by atoms with Gasteiger partial charge in [-0.1, -0.05) is 55.5 Å². The van der Waals surface area contributed by atoms with Crippen molar-refractivity contribution in [2.24, 2.45) is 11.8 Å². The Morgan fingerprint density at radius 1 is 1.03 bits per heavy atom. The van der Waals surface area contributed by atoms with Crippen LogP contribution < -0.4 is 5.32 Å². The van der Waals surface area contributed by atoms with Gasteiger partial charge in [-0.25, -0.2) is 4.79 Å². The quantitative estimate of drug-likeness (QED) is 0.693. The first-order valence-corrected chi connectivity index (χ1v) is 11.0. The monoisotopic (exact) mass is 436 g/mol. The third kappa shape index (κ3) is 4.61. The number of likely N-dealkylation sites (tertiary alicyclic amines) is 1. The lowest BCUT2D eigenvalue weighted by Gasteiger charge is -2.17. The number of nitrogens with one attached hydrogen (secondary N) is 1. The molecular weight excluding hydrogens is 408 g/mol. The van der Waals surface area contributed by atoms with E-state index < -0.39 is 12.1 Å². The normalized spacial score (nSPS) is 19.3. The minimum absolute atomic E-state index is 0.00737. The Bertz CT molecular complexity index is 975. The Kier molecular flexibility index (Phi) is 6.44. The summed E-state index contributed by atoms with van der Waals surface area (Å²) in [5.74, 6) is -0.791. The average Bonchev–Trinajstić information content (AvgIpc) is 3.30. The van der Waals surface area contributed by atoms with Gasteiger partial charge in [0, 0.05) is 32.0 Å². The molecule has 0 aromatic heterocycles. The molecule has 1 aliphatic carbocycles. The number of nitrogens with zero attached hydrogens (tertiary/aromatic N) is 1. The van der Waals surface area contributed by atoms with Crippen LogP contribution in [0.4, 0.5) is 4.79 Å². The number of carboxylic acid groups (broad SMARTS) is 1. The van der Waals surface area contributed by atoms with Crippen LogP contribution in [0.5, 0.6) is 0 Å². The summed E-state index contributed by atoms with van der Waals surface area (Å²) in [4.78, 5) is 37.3. The van der Waals surface area contributed by atoms with E-state index in [0.717, 1.165) is 11.1 Å². The van der Waals surface area contributed by atoms with Gasteiger partial charge in [0.2, 0.25) is 5.91 Å². The number of benzene rings is 2. The molecule has 1 heterocycles. The maximum absolute atomic E-state index is 12.4. The summed E-state index contributed by atoms with van der Waals surface area (Å²) in [5, 5.41) is 11.7. The molecule has 4 rings (SSSR count). The fourth-order valence-electron chi connectivity index (χ4n) is 4.81. The lowest BCUT2D eigenvalue weighted by Crippen LogP contribution is -2.34. The third-order valence-electron chi connectivity index (χ3n) is 6.51. The van der Waals surface area contributed by atoms with Crippen LogP contribution in [0.1, 0.15) is 36.8 Å². The topological polar surface area (TPSA) is 95.9 Å². The lowest BCUT2D eigenvalue weighted by atomic mass is 9.95. The van der Waals surface area contributed by atoms with Crippen LogP contribution in [0.2, 0.25) is 0 Å². The maximum Gasteiger partial charge on any atom is 0.407 e. The number of ether oxygens (including phenoxy) is 1. The summed E-state index contributed by atoms with van der Waals surface area (Å²) >= 11 is 0. The van der Waals surface area contributed by atoms with E-state index in [1.807, 2.05) is 31.2 Å². The minimum atomic E-state index is -0.840. The van der Waals surface area contributed by atoms with Crippen molar-refractivity contribution < 1.29 is 24.2 Å². The van der Waals surface area contributed by atoms with Crippen molar-refractivity contribution in [2.75, 3.05) is 26.2 Å².